The fourth-order valence-electron chi connectivity index (χ4n) is 3.24. The standard InChI is InChI=1S/C23H16ClF3N4OS/c24-18-12-5-4-11-17(18)21-29-30-22(33-19(20(28)32)14-7-2-1-3-8-14)31(21)16-10-6-9-15(13-16)23(25,26)27/h1-13,19H,(H2,28,32). The van der Waals surface area contributed by atoms with Crippen molar-refractivity contribution in [3.63, 3.8) is 0 Å². The highest BCUT2D eigenvalue weighted by molar-refractivity contribution is 8.00. The molecule has 0 fully saturated rings. The summed E-state index contributed by atoms with van der Waals surface area (Å²) in [6, 6.07) is 20.4. The second-order valence-corrected chi connectivity index (χ2v) is 8.46. The van der Waals surface area contributed by atoms with Crippen LogP contribution in [-0.4, -0.2) is 20.7 Å². The molecule has 0 aliphatic rings. The summed E-state index contributed by atoms with van der Waals surface area (Å²) in [5.41, 5.74) is 6.09. The summed E-state index contributed by atoms with van der Waals surface area (Å²) in [6.45, 7) is 0. The number of halogens is 4. The molecule has 1 heterocycles. The fourth-order valence-corrected chi connectivity index (χ4v) is 4.47. The van der Waals surface area contributed by atoms with Gasteiger partial charge in [0.25, 0.3) is 0 Å². The second-order valence-electron chi connectivity index (χ2n) is 6.98. The lowest BCUT2D eigenvalue weighted by molar-refractivity contribution is -0.137. The minimum Gasteiger partial charge on any atom is -0.368 e. The number of alkyl halides is 3. The Balaban J connectivity index is 1.89. The van der Waals surface area contributed by atoms with E-state index in [4.69, 9.17) is 17.3 Å². The van der Waals surface area contributed by atoms with Crippen LogP contribution in [0.4, 0.5) is 13.2 Å². The Labute approximate surface area is 196 Å². The van der Waals surface area contributed by atoms with Gasteiger partial charge in [-0.05, 0) is 35.9 Å². The van der Waals surface area contributed by atoms with Crippen LogP contribution in [0.15, 0.2) is 84.0 Å². The normalized spacial score (nSPS) is 12.5. The van der Waals surface area contributed by atoms with Crippen LogP contribution in [0.2, 0.25) is 5.02 Å². The summed E-state index contributed by atoms with van der Waals surface area (Å²) in [5, 5.41) is 8.08. The van der Waals surface area contributed by atoms with Crippen LogP contribution in [0.5, 0.6) is 0 Å². The van der Waals surface area contributed by atoms with Crippen molar-refractivity contribution in [1.29, 1.82) is 0 Å². The first-order valence-corrected chi connectivity index (χ1v) is 10.9. The molecule has 0 saturated carbocycles. The Morgan fingerprint density at radius 1 is 0.970 bits per heavy atom. The van der Waals surface area contributed by atoms with Crippen LogP contribution >= 0.6 is 23.4 Å². The molecule has 1 atom stereocenters. The topological polar surface area (TPSA) is 73.8 Å². The molecule has 168 valence electrons. The Bertz CT molecular complexity index is 1290. The molecule has 1 unspecified atom stereocenters. The Morgan fingerprint density at radius 3 is 2.33 bits per heavy atom. The van der Waals surface area contributed by atoms with E-state index in [1.165, 1.54) is 16.7 Å². The van der Waals surface area contributed by atoms with Crippen molar-refractivity contribution < 1.29 is 18.0 Å². The molecule has 0 aliphatic heterocycles. The van der Waals surface area contributed by atoms with Gasteiger partial charge < -0.3 is 5.73 Å². The molecule has 0 aliphatic carbocycles. The molecular weight excluding hydrogens is 473 g/mol. The number of rotatable bonds is 6. The van der Waals surface area contributed by atoms with Crippen molar-refractivity contribution in [2.24, 2.45) is 5.73 Å². The van der Waals surface area contributed by atoms with Gasteiger partial charge in [0, 0.05) is 5.56 Å². The number of carbonyl (C=O) groups excluding carboxylic acids is 1. The third-order valence-electron chi connectivity index (χ3n) is 4.76. The van der Waals surface area contributed by atoms with Crippen LogP contribution in [-0.2, 0) is 11.0 Å². The van der Waals surface area contributed by atoms with Crippen molar-refractivity contribution in [3.05, 3.63) is 95.0 Å². The first kappa shape index (κ1) is 22.9. The number of hydrogen-bond acceptors (Lipinski definition) is 4. The van der Waals surface area contributed by atoms with E-state index in [0.717, 1.165) is 23.9 Å². The van der Waals surface area contributed by atoms with Gasteiger partial charge in [-0.3, -0.25) is 9.36 Å². The molecule has 1 aromatic heterocycles. The largest absolute Gasteiger partial charge is 0.416 e. The van der Waals surface area contributed by atoms with Crippen molar-refractivity contribution >= 4 is 29.3 Å². The van der Waals surface area contributed by atoms with E-state index in [9.17, 15) is 18.0 Å². The van der Waals surface area contributed by atoms with Crippen LogP contribution in [0.3, 0.4) is 0 Å². The predicted octanol–water partition coefficient (Wildman–Crippen LogP) is 5.93. The maximum atomic E-state index is 13.4. The molecule has 33 heavy (non-hydrogen) atoms. The average Bonchev–Trinajstić information content (AvgIpc) is 3.21. The van der Waals surface area contributed by atoms with Crippen LogP contribution in [0, 0.1) is 0 Å². The zero-order chi connectivity index (χ0) is 23.6. The number of thioether (sulfide) groups is 1. The van der Waals surface area contributed by atoms with Crippen LogP contribution < -0.4 is 5.73 Å². The Kier molecular flexibility index (Phi) is 6.44. The first-order valence-electron chi connectivity index (χ1n) is 9.64. The van der Waals surface area contributed by atoms with Crippen molar-refractivity contribution in [1.82, 2.24) is 14.8 Å². The highest BCUT2D eigenvalue weighted by Crippen LogP contribution is 2.39. The zero-order valence-corrected chi connectivity index (χ0v) is 18.4. The van der Waals surface area contributed by atoms with E-state index in [2.05, 4.69) is 10.2 Å². The number of carbonyl (C=O) groups is 1. The number of amides is 1. The highest BCUT2D eigenvalue weighted by atomic mass is 35.5. The lowest BCUT2D eigenvalue weighted by Gasteiger charge is -2.16. The predicted molar refractivity (Wildman–Crippen MR) is 121 cm³/mol. The number of nitrogens with zero attached hydrogens (tertiary/aromatic N) is 3. The van der Waals surface area contributed by atoms with Gasteiger partial charge in [0.2, 0.25) is 5.91 Å². The minimum atomic E-state index is -4.54. The van der Waals surface area contributed by atoms with Gasteiger partial charge in [0.1, 0.15) is 5.25 Å². The third kappa shape index (κ3) is 4.89. The van der Waals surface area contributed by atoms with E-state index >= 15 is 0 Å². The number of hydrogen-bond donors (Lipinski definition) is 1. The van der Waals surface area contributed by atoms with Crippen LogP contribution in [0.25, 0.3) is 17.1 Å². The molecule has 5 nitrogen and oxygen atoms in total. The smallest absolute Gasteiger partial charge is 0.368 e. The lowest BCUT2D eigenvalue weighted by Crippen LogP contribution is -2.19. The lowest BCUT2D eigenvalue weighted by atomic mass is 10.1. The Morgan fingerprint density at radius 2 is 1.67 bits per heavy atom. The van der Waals surface area contributed by atoms with Gasteiger partial charge in [-0.2, -0.15) is 13.2 Å². The molecule has 0 radical (unpaired) electrons. The summed E-state index contributed by atoms with van der Waals surface area (Å²) in [7, 11) is 0. The quantitative estimate of drug-likeness (QED) is 0.342. The molecule has 4 aromatic rings. The van der Waals surface area contributed by atoms with Gasteiger partial charge in [0.15, 0.2) is 11.0 Å². The molecule has 4 rings (SSSR count). The van der Waals surface area contributed by atoms with Gasteiger partial charge >= 0.3 is 6.18 Å². The first-order chi connectivity index (χ1) is 15.8. The summed E-state index contributed by atoms with van der Waals surface area (Å²) < 4.78 is 41.7. The Hall–Kier alpha value is -3.30. The summed E-state index contributed by atoms with van der Waals surface area (Å²) in [4.78, 5) is 12.2. The van der Waals surface area contributed by atoms with E-state index in [0.29, 0.717) is 16.1 Å². The summed E-state index contributed by atoms with van der Waals surface area (Å²) in [6.07, 6.45) is -4.54. The zero-order valence-electron chi connectivity index (χ0n) is 16.8. The van der Waals surface area contributed by atoms with Crippen molar-refractivity contribution in [3.8, 4) is 17.1 Å². The van der Waals surface area contributed by atoms with Crippen molar-refractivity contribution in [2.75, 3.05) is 0 Å². The fraction of sp³-hybridized carbons (Fsp3) is 0.0870. The molecule has 3 aromatic carbocycles. The average molecular weight is 489 g/mol. The minimum absolute atomic E-state index is 0.170. The van der Waals surface area contributed by atoms with Crippen LogP contribution in [0.1, 0.15) is 16.4 Å². The maximum absolute atomic E-state index is 13.4. The SMILES string of the molecule is NC(=O)C(Sc1nnc(-c2ccccc2Cl)n1-c1cccc(C(F)(F)F)c1)c1ccccc1. The summed E-state index contributed by atoms with van der Waals surface area (Å²) in [5.74, 6) is -0.386. The molecule has 10 heteroatoms. The number of aromatic nitrogens is 3. The van der Waals surface area contributed by atoms with E-state index in [1.54, 1.807) is 54.6 Å². The molecule has 0 saturated heterocycles. The molecule has 0 spiro atoms. The molecule has 0 bridgehead atoms. The molecule has 1 amide bonds. The third-order valence-corrected chi connectivity index (χ3v) is 6.31. The van der Waals surface area contributed by atoms with Gasteiger partial charge in [-0.15, -0.1) is 10.2 Å². The number of benzene rings is 3. The van der Waals surface area contributed by atoms with Gasteiger partial charge in [-0.1, -0.05) is 71.9 Å². The molecule has 2 N–H and O–H groups in total. The molecular formula is C23H16ClF3N4OS. The van der Waals surface area contributed by atoms with Gasteiger partial charge in [0.05, 0.1) is 16.3 Å². The highest BCUT2D eigenvalue weighted by Gasteiger charge is 2.31. The van der Waals surface area contributed by atoms with E-state index in [-0.39, 0.29) is 16.7 Å². The number of primary amides is 1. The van der Waals surface area contributed by atoms with Crippen molar-refractivity contribution in [2.45, 2.75) is 16.6 Å². The van der Waals surface area contributed by atoms with Gasteiger partial charge in [-0.25, -0.2) is 0 Å². The van der Waals surface area contributed by atoms with E-state index < -0.39 is 22.9 Å². The second kappa shape index (κ2) is 9.29. The number of nitrogens with two attached hydrogens (primary N) is 1. The maximum Gasteiger partial charge on any atom is 0.416 e. The van der Waals surface area contributed by atoms with E-state index in [1.807, 2.05) is 0 Å². The monoisotopic (exact) mass is 488 g/mol. The summed E-state index contributed by atoms with van der Waals surface area (Å²) >= 11 is 7.34.